The zero-order chi connectivity index (χ0) is 15.4. The number of halogens is 3. The van der Waals surface area contributed by atoms with Gasteiger partial charge in [-0.05, 0) is 48.6 Å². The number of para-hydroxylation sites is 1. The van der Waals surface area contributed by atoms with Crippen molar-refractivity contribution < 1.29 is 4.79 Å². The molecule has 21 heavy (non-hydrogen) atoms. The maximum absolute atomic E-state index is 12.0. The van der Waals surface area contributed by atoms with Gasteiger partial charge in [0.15, 0.2) is 5.11 Å². The fraction of sp³-hybridized carbons (Fsp3) is 0. The van der Waals surface area contributed by atoms with E-state index in [0.717, 1.165) is 0 Å². The summed E-state index contributed by atoms with van der Waals surface area (Å²) in [6.45, 7) is 0. The first-order valence-electron chi connectivity index (χ1n) is 5.79. The summed E-state index contributed by atoms with van der Waals surface area (Å²) in [4.78, 5) is 12.0. The van der Waals surface area contributed by atoms with Gasteiger partial charge in [-0.15, -0.1) is 0 Å². The van der Waals surface area contributed by atoms with Crippen LogP contribution in [0.25, 0.3) is 0 Å². The molecule has 0 spiro atoms. The monoisotopic (exact) mass is 358 g/mol. The Kier molecular flexibility index (Phi) is 5.42. The number of nitrogens with one attached hydrogen (secondary N) is 2. The number of rotatable bonds is 2. The third-order valence-electron chi connectivity index (χ3n) is 2.53. The van der Waals surface area contributed by atoms with E-state index < -0.39 is 0 Å². The van der Waals surface area contributed by atoms with Crippen LogP contribution in [-0.4, -0.2) is 11.0 Å². The van der Waals surface area contributed by atoms with Crippen LogP contribution >= 0.6 is 47.0 Å². The van der Waals surface area contributed by atoms with Crippen molar-refractivity contribution in [3.8, 4) is 0 Å². The second-order valence-electron chi connectivity index (χ2n) is 4.01. The van der Waals surface area contributed by atoms with Crippen molar-refractivity contribution >= 4 is 63.7 Å². The van der Waals surface area contributed by atoms with Crippen LogP contribution in [0, 0.1) is 0 Å². The van der Waals surface area contributed by atoms with Gasteiger partial charge >= 0.3 is 0 Å². The van der Waals surface area contributed by atoms with Gasteiger partial charge in [0.2, 0.25) is 0 Å². The third-order valence-corrected chi connectivity index (χ3v) is 3.62. The van der Waals surface area contributed by atoms with Crippen molar-refractivity contribution in [3.63, 3.8) is 0 Å². The normalized spacial score (nSPS) is 10.0. The summed E-state index contributed by atoms with van der Waals surface area (Å²) in [6, 6.07) is 11.5. The van der Waals surface area contributed by atoms with Crippen molar-refractivity contribution in [1.29, 1.82) is 0 Å². The molecule has 0 heterocycles. The highest BCUT2D eigenvalue weighted by atomic mass is 35.5. The van der Waals surface area contributed by atoms with Crippen LogP contribution in [0.15, 0.2) is 42.5 Å². The van der Waals surface area contributed by atoms with Crippen LogP contribution in [0.4, 0.5) is 5.69 Å². The lowest BCUT2D eigenvalue weighted by atomic mass is 10.2. The lowest BCUT2D eigenvalue weighted by Crippen LogP contribution is -2.34. The van der Waals surface area contributed by atoms with Gasteiger partial charge in [0.05, 0.1) is 15.7 Å². The second-order valence-corrected chi connectivity index (χ2v) is 5.67. The average molecular weight is 360 g/mol. The van der Waals surface area contributed by atoms with Crippen molar-refractivity contribution in [3.05, 3.63) is 63.1 Å². The van der Waals surface area contributed by atoms with Crippen molar-refractivity contribution in [2.24, 2.45) is 0 Å². The van der Waals surface area contributed by atoms with Gasteiger partial charge in [0.25, 0.3) is 5.91 Å². The second kappa shape index (κ2) is 7.09. The molecule has 0 saturated carbocycles. The molecule has 0 atom stereocenters. The molecule has 2 rings (SSSR count). The van der Waals surface area contributed by atoms with E-state index in [4.69, 9.17) is 47.0 Å². The van der Waals surface area contributed by atoms with Crippen molar-refractivity contribution in [2.75, 3.05) is 5.32 Å². The van der Waals surface area contributed by atoms with Gasteiger partial charge < -0.3 is 5.32 Å². The summed E-state index contributed by atoms with van der Waals surface area (Å²) >= 11 is 22.9. The highest BCUT2D eigenvalue weighted by Gasteiger charge is 2.11. The zero-order valence-electron chi connectivity index (χ0n) is 10.5. The van der Waals surface area contributed by atoms with E-state index in [9.17, 15) is 4.79 Å². The van der Waals surface area contributed by atoms with Gasteiger partial charge in [-0.3, -0.25) is 10.1 Å². The molecule has 0 saturated heterocycles. The Morgan fingerprint density at radius 2 is 1.52 bits per heavy atom. The minimum Gasteiger partial charge on any atom is -0.330 e. The standard InChI is InChI=1S/C14H9Cl3N2OS/c15-9-6-4-8(5-7-9)13(20)19-14(21)18-12-10(16)2-1-3-11(12)17/h1-7H,(H2,18,19,20,21). The van der Waals surface area contributed by atoms with Gasteiger partial charge in [-0.25, -0.2) is 0 Å². The number of carbonyl (C=O) groups excluding carboxylic acids is 1. The molecule has 0 radical (unpaired) electrons. The minimum atomic E-state index is -0.354. The lowest BCUT2D eigenvalue weighted by molar-refractivity contribution is 0.0978. The van der Waals surface area contributed by atoms with E-state index in [2.05, 4.69) is 10.6 Å². The summed E-state index contributed by atoms with van der Waals surface area (Å²) in [7, 11) is 0. The van der Waals surface area contributed by atoms with Crippen LogP contribution < -0.4 is 10.6 Å². The zero-order valence-corrected chi connectivity index (χ0v) is 13.6. The Morgan fingerprint density at radius 1 is 0.952 bits per heavy atom. The minimum absolute atomic E-state index is 0.102. The first-order valence-corrected chi connectivity index (χ1v) is 7.33. The quantitative estimate of drug-likeness (QED) is 0.759. The molecule has 3 nitrogen and oxygen atoms in total. The van der Waals surface area contributed by atoms with Crippen molar-refractivity contribution in [1.82, 2.24) is 5.32 Å². The molecule has 0 aliphatic carbocycles. The lowest BCUT2D eigenvalue weighted by Gasteiger charge is -2.12. The molecule has 0 bridgehead atoms. The highest BCUT2D eigenvalue weighted by Crippen LogP contribution is 2.29. The van der Waals surface area contributed by atoms with Gasteiger partial charge in [0.1, 0.15) is 0 Å². The summed E-state index contributed by atoms with van der Waals surface area (Å²) in [6.07, 6.45) is 0. The van der Waals surface area contributed by atoms with Crippen LogP contribution in [0.5, 0.6) is 0 Å². The molecule has 0 aliphatic rings. The molecule has 0 aromatic heterocycles. The van der Waals surface area contributed by atoms with Crippen LogP contribution in [0.2, 0.25) is 15.1 Å². The third kappa shape index (κ3) is 4.32. The van der Waals surface area contributed by atoms with Crippen LogP contribution in [-0.2, 0) is 0 Å². The fourth-order valence-electron chi connectivity index (χ4n) is 1.54. The molecule has 2 aromatic carbocycles. The summed E-state index contributed by atoms with van der Waals surface area (Å²) < 4.78 is 0. The molecule has 0 aliphatic heterocycles. The van der Waals surface area contributed by atoms with Crippen molar-refractivity contribution in [2.45, 2.75) is 0 Å². The van der Waals surface area contributed by atoms with E-state index >= 15 is 0 Å². The van der Waals surface area contributed by atoms with Crippen LogP contribution in [0.1, 0.15) is 10.4 Å². The van der Waals surface area contributed by atoms with E-state index in [1.54, 1.807) is 42.5 Å². The smallest absolute Gasteiger partial charge is 0.257 e. The first kappa shape index (κ1) is 16.0. The predicted octanol–water partition coefficient (Wildman–Crippen LogP) is 4.77. The Balaban J connectivity index is 2.05. The molecule has 7 heteroatoms. The highest BCUT2D eigenvalue weighted by molar-refractivity contribution is 7.80. The summed E-state index contributed by atoms with van der Waals surface area (Å²) in [5.41, 5.74) is 0.885. The molecule has 0 unspecified atom stereocenters. The Labute approximate surface area is 142 Å². The van der Waals surface area contributed by atoms with Gasteiger partial charge in [-0.2, -0.15) is 0 Å². The Bertz CT molecular complexity index is 669. The number of anilines is 1. The molecule has 2 aromatic rings. The summed E-state index contributed by atoms with van der Waals surface area (Å²) in [5, 5.41) is 6.81. The number of hydrogen-bond acceptors (Lipinski definition) is 2. The van der Waals surface area contributed by atoms with E-state index in [0.29, 0.717) is 26.3 Å². The average Bonchev–Trinajstić information content (AvgIpc) is 2.43. The number of benzene rings is 2. The van der Waals surface area contributed by atoms with E-state index in [1.165, 1.54) is 0 Å². The van der Waals surface area contributed by atoms with Gasteiger partial charge in [0, 0.05) is 10.6 Å². The number of amides is 1. The molecule has 2 N–H and O–H groups in total. The molecular weight excluding hydrogens is 351 g/mol. The molecule has 108 valence electrons. The number of hydrogen-bond donors (Lipinski definition) is 2. The Morgan fingerprint density at radius 3 is 2.10 bits per heavy atom. The van der Waals surface area contributed by atoms with E-state index in [-0.39, 0.29) is 11.0 Å². The predicted molar refractivity (Wildman–Crippen MR) is 91.6 cm³/mol. The SMILES string of the molecule is O=C(NC(=S)Nc1c(Cl)cccc1Cl)c1ccc(Cl)cc1. The molecule has 1 amide bonds. The number of thiocarbonyl (C=S) groups is 1. The van der Waals surface area contributed by atoms with Gasteiger partial charge in [-0.1, -0.05) is 40.9 Å². The number of carbonyl (C=O) groups is 1. The topological polar surface area (TPSA) is 41.1 Å². The largest absolute Gasteiger partial charge is 0.330 e. The first-order chi connectivity index (χ1) is 9.97. The molecular formula is C14H9Cl3N2OS. The molecule has 0 fully saturated rings. The van der Waals surface area contributed by atoms with Crippen LogP contribution in [0.3, 0.4) is 0 Å². The fourth-order valence-corrected chi connectivity index (χ4v) is 2.35. The van der Waals surface area contributed by atoms with E-state index in [1.807, 2.05) is 0 Å². The maximum Gasteiger partial charge on any atom is 0.257 e. The maximum atomic E-state index is 12.0. The Hall–Kier alpha value is -1.33. The summed E-state index contributed by atoms with van der Waals surface area (Å²) in [5.74, 6) is -0.354.